The van der Waals surface area contributed by atoms with Gasteiger partial charge in [-0.25, -0.2) is 4.98 Å². The first-order valence-corrected chi connectivity index (χ1v) is 10.4. The molecule has 0 radical (unpaired) electrons. The van der Waals surface area contributed by atoms with E-state index in [1.54, 1.807) is 11.3 Å². The molecular formula is C22H23N5S. The van der Waals surface area contributed by atoms with E-state index >= 15 is 0 Å². The van der Waals surface area contributed by atoms with Crippen molar-refractivity contribution in [1.29, 1.82) is 0 Å². The van der Waals surface area contributed by atoms with Crippen LogP contribution in [0.1, 0.15) is 12.8 Å². The average Bonchev–Trinajstić information content (AvgIpc) is 3.31. The lowest BCUT2D eigenvalue weighted by atomic mass is 9.94. The third kappa shape index (κ3) is 3.19. The zero-order valence-corrected chi connectivity index (χ0v) is 16.7. The normalized spacial score (nSPS) is 16.0. The second-order valence-corrected chi connectivity index (χ2v) is 8.66. The van der Waals surface area contributed by atoms with Crippen LogP contribution < -0.4 is 5.32 Å². The highest BCUT2D eigenvalue weighted by molar-refractivity contribution is 7.22. The molecule has 4 aromatic rings. The van der Waals surface area contributed by atoms with Crippen LogP contribution in [0.2, 0.25) is 0 Å². The van der Waals surface area contributed by atoms with Gasteiger partial charge in [0.1, 0.15) is 5.65 Å². The highest BCUT2D eigenvalue weighted by atomic mass is 32.1. The van der Waals surface area contributed by atoms with E-state index in [0.29, 0.717) is 5.92 Å². The summed E-state index contributed by atoms with van der Waals surface area (Å²) in [5, 5.41) is 5.87. The molecule has 1 aliphatic rings. The second kappa shape index (κ2) is 7.04. The van der Waals surface area contributed by atoms with Gasteiger partial charge in [0.05, 0.1) is 16.6 Å². The zero-order chi connectivity index (χ0) is 19.1. The average molecular weight is 390 g/mol. The highest BCUT2D eigenvalue weighted by Crippen LogP contribution is 2.37. The van der Waals surface area contributed by atoms with E-state index in [0.717, 1.165) is 48.3 Å². The van der Waals surface area contributed by atoms with Gasteiger partial charge in [-0.2, -0.15) is 0 Å². The molecule has 142 valence electrons. The molecule has 2 N–H and O–H groups in total. The van der Waals surface area contributed by atoms with Crippen LogP contribution in [0.5, 0.6) is 0 Å². The van der Waals surface area contributed by atoms with Crippen molar-refractivity contribution in [3.05, 3.63) is 55.3 Å². The molecule has 0 aliphatic carbocycles. The fourth-order valence-electron chi connectivity index (χ4n) is 3.94. The van der Waals surface area contributed by atoms with E-state index in [1.807, 2.05) is 24.8 Å². The summed E-state index contributed by atoms with van der Waals surface area (Å²) in [6.07, 6.45) is 10.0. The maximum absolute atomic E-state index is 4.62. The van der Waals surface area contributed by atoms with Gasteiger partial charge in [0.2, 0.25) is 0 Å². The fourth-order valence-corrected chi connectivity index (χ4v) is 5.00. The van der Waals surface area contributed by atoms with Crippen molar-refractivity contribution in [2.75, 3.05) is 25.5 Å². The van der Waals surface area contributed by atoms with Gasteiger partial charge in [0, 0.05) is 46.0 Å². The number of allylic oxidation sites excluding steroid dienone is 1. The Morgan fingerprint density at radius 3 is 2.96 bits per heavy atom. The molecule has 1 fully saturated rings. The molecule has 1 aliphatic heterocycles. The smallest absolute Gasteiger partial charge is 0.138 e. The van der Waals surface area contributed by atoms with E-state index in [1.165, 1.54) is 20.5 Å². The molecule has 6 heteroatoms. The topological polar surface area (TPSA) is 56.8 Å². The van der Waals surface area contributed by atoms with Crippen molar-refractivity contribution in [3.63, 3.8) is 0 Å². The maximum atomic E-state index is 4.62. The minimum absolute atomic E-state index is 0.521. The lowest BCUT2D eigenvalue weighted by molar-refractivity contribution is 0.239. The monoisotopic (exact) mass is 389 g/mol. The van der Waals surface area contributed by atoms with Crippen molar-refractivity contribution in [1.82, 2.24) is 19.9 Å². The number of hydrogen-bond acceptors (Lipinski definition) is 5. The summed E-state index contributed by atoms with van der Waals surface area (Å²) >= 11 is 1.76. The maximum Gasteiger partial charge on any atom is 0.138 e. The van der Waals surface area contributed by atoms with Gasteiger partial charge in [0.25, 0.3) is 0 Å². The number of likely N-dealkylation sites (tertiary alicyclic amines) is 1. The highest BCUT2D eigenvalue weighted by Gasteiger charge is 2.19. The van der Waals surface area contributed by atoms with Gasteiger partial charge >= 0.3 is 0 Å². The Morgan fingerprint density at radius 1 is 1.29 bits per heavy atom. The number of hydrogen-bond donors (Lipinski definition) is 2. The first-order valence-electron chi connectivity index (χ1n) is 9.63. The quantitative estimate of drug-likeness (QED) is 0.509. The van der Waals surface area contributed by atoms with E-state index in [2.05, 4.69) is 57.0 Å². The van der Waals surface area contributed by atoms with Crippen LogP contribution in [-0.4, -0.2) is 40.0 Å². The van der Waals surface area contributed by atoms with Gasteiger partial charge in [-0.3, -0.25) is 4.98 Å². The lowest BCUT2D eigenvalue weighted by Gasteiger charge is -2.30. The molecule has 5 nitrogen and oxygen atoms in total. The van der Waals surface area contributed by atoms with Crippen LogP contribution in [0.15, 0.2) is 55.3 Å². The molecule has 0 bridgehead atoms. The molecule has 1 saturated heterocycles. The Kier molecular flexibility index (Phi) is 4.37. The summed E-state index contributed by atoms with van der Waals surface area (Å²) in [5.74, 6) is 0.521. The number of thiophene rings is 1. The van der Waals surface area contributed by atoms with E-state index in [-0.39, 0.29) is 0 Å². The van der Waals surface area contributed by atoms with Gasteiger partial charge in [-0.15, -0.1) is 11.3 Å². The minimum Gasteiger partial charge on any atom is -0.358 e. The molecule has 5 rings (SSSR count). The van der Waals surface area contributed by atoms with E-state index < -0.39 is 0 Å². The Morgan fingerprint density at radius 2 is 2.14 bits per heavy atom. The molecule has 0 saturated carbocycles. The molecule has 0 amide bonds. The van der Waals surface area contributed by atoms with Crippen LogP contribution >= 0.6 is 11.3 Å². The van der Waals surface area contributed by atoms with E-state index in [4.69, 9.17) is 0 Å². The second-order valence-electron chi connectivity index (χ2n) is 7.57. The molecule has 5 heterocycles. The fraction of sp³-hybridized carbons (Fsp3) is 0.273. The van der Waals surface area contributed by atoms with Crippen LogP contribution in [0.25, 0.3) is 31.6 Å². The van der Waals surface area contributed by atoms with Crippen molar-refractivity contribution in [3.8, 4) is 10.4 Å². The molecule has 4 aromatic heterocycles. The largest absolute Gasteiger partial charge is 0.358 e. The molecule has 0 spiro atoms. The predicted octanol–water partition coefficient (Wildman–Crippen LogP) is 5.11. The molecule has 0 atom stereocenters. The van der Waals surface area contributed by atoms with Gasteiger partial charge in [-0.05, 0) is 56.6 Å². The number of fused-ring (bicyclic) bond motifs is 2. The lowest BCUT2D eigenvalue weighted by Crippen LogP contribution is -2.31. The van der Waals surface area contributed by atoms with Crippen molar-refractivity contribution >= 4 is 38.1 Å². The van der Waals surface area contributed by atoms with Gasteiger partial charge in [0.15, 0.2) is 0 Å². The number of rotatable bonds is 4. The number of nitrogens with one attached hydrogen (secondary N) is 2. The summed E-state index contributed by atoms with van der Waals surface area (Å²) in [4.78, 5) is 15.8. The number of pyridine rings is 2. The van der Waals surface area contributed by atoms with Crippen molar-refractivity contribution < 1.29 is 0 Å². The van der Waals surface area contributed by atoms with Gasteiger partial charge < -0.3 is 15.2 Å². The number of aromatic nitrogens is 3. The molecule has 28 heavy (non-hydrogen) atoms. The Bertz CT molecular complexity index is 1120. The summed E-state index contributed by atoms with van der Waals surface area (Å²) in [6.45, 7) is 6.57. The van der Waals surface area contributed by atoms with Gasteiger partial charge in [-0.1, -0.05) is 6.58 Å². The summed E-state index contributed by atoms with van der Waals surface area (Å²) in [7, 11) is 2.18. The summed E-state index contributed by atoms with van der Waals surface area (Å²) in [6, 6.07) is 6.46. The standard InChI is InChI=1S/C22H23N5S/c1-14(15-4-7-27(2)8-5-15)26-17-10-18-19(12-25-22(18)24-11-17)20-9-16-3-6-23-13-21(16)28-20/h3,6,9-13,15,26H,1,4-5,7-8H2,2H3,(H,24,25). The number of piperidine rings is 1. The summed E-state index contributed by atoms with van der Waals surface area (Å²) in [5.41, 5.74) is 4.18. The van der Waals surface area contributed by atoms with Crippen LogP contribution in [0.3, 0.4) is 0 Å². The zero-order valence-electron chi connectivity index (χ0n) is 15.9. The number of aromatic amines is 1. The van der Waals surface area contributed by atoms with Crippen molar-refractivity contribution in [2.24, 2.45) is 5.92 Å². The summed E-state index contributed by atoms with van der Waals surface area (Å²) < 4.78 is 1.20. The minimum atomic E-state index is 0.521. The number of H-pyrrole nitrogens is 1. The SMILES string of the molecule is C=C(Nc1cnc2[nH]cc(-c3cc4ccncc4s3)c2c1)C1CCN(C)CC1. The number of nitrogens with zero attached hydrogens (tertiary/aromatic N) is 3. The Balaban J connectivity index is 1.44. The predicted molar refractivity (Wildman–Crippen MR) is 118 cm³/mol. The molecule has 0 unspecified atom stereocenters. The Labute approximate surface area is 168 Å². The molecule has 0 aromatic carbocycles. The number of anilines is 1. The van der Waals surface area contributed by atoms with E-state index in [9.17, 15) is 0 Å². The first kappa shape index (κ1) is 17.4. The third-order valence-corrected chi connectivity index (χ3v) is 6.75. The van der Waals surface area contributed by atoms with Crippen LogP contribution in [0.4, 0.5) is 5.69 Å². The van der Waals surface area contributed by atoms with Crippen molar-refractivity contribution in [2.45, 2.75) is 12.8 Å². The first-order chi connectivity index (χ1) is 13.7. The van der Waals surface area contributed by atoms with Crippen LogP contribution in [0, 0.1) is 5.92 Å². The molecular weight excluding hydrogens is 366 g/mol. The third-order valence-electron chi connectivity index (χ3n) is 5.64. The Hall–Kier alpha value is -2.70. The van der Waals surface area contributed by atoms with Crippen LogP contribution in [-0.2, 0) is 0 Å².